The van der Waals surface area contributed by atoms with Crippen LogP contribution in [0.2, 0.25) is 0 Å². The molecular weight excluding hydrogens is 448 g/mol. The fourth-order valence-electron chi connectivity index (χ4n) is 2.10. The molecule has 1 amide bonds. The Balaban J connectivity index is 2.10. The smallest absolute Gasteiger partial charge is 0.408 e. The van der Waals surface area contributed by atoms with Crippen molar-refractivity contribution in [3.63, 3.8) is 0 Å². The molecule has 0 saturated carbocycles. The van der Waals surface area contributed by atoms with Gasteiger partial charge in [0.25, 0.3) is 0 Å². The zero-order valence-electron chi connectivity index (χ0n) is 16.2. The first kappa shape index (κ1) is 22.3. The minimum Gasteiger partial charge on any atom is -0.464 e. The highest BCUT2D eigenvalue weighted by molar-refractivity contribution is 9.10. The number of hydrogen-bond acceptors (Lipinski definition) is 7. The zero-order valence-corrected chi connectivity index (χ0v) is 18.6. The number of methoxy groups -OCH3 is 1. The molecule has 1 atom stereocenters. The highest BCUT2D eigenvalue weighted by Crippen LogP contribution is 2.30. The van der Waals surface area contributed by atoms with Gasteiger partial charge < -0.3 is 19.2 Å². The van der Waals surface area contributed by atoms with Crippen molar-refractivity contribution in [2.24, 2.45) is 0 Å². The Morgan fingerprint density at radius 2 is 1.96 bits per heavy atom. The average molecular weight is 471 g/mol. The lowest BCUT2D eigenvalue weighted by Crippen LogP contribution is -2.32. The second-order valence-electron chi connectivity index (χ2n) is 6.85. The van der Waals surface area contributed by atoms with Crippen molar-refractivity contribution in [2.45, 2.75) is 38.2 Å². The third kappa shape index (κ3) is 6.87. The van der Waals surface area contributed by atoms with Gasteiger partial charge in [0.05, 0.1) is 7.11 Å². The van der Waals surface area contributed by atoms with Crippen LogP contribution in [0.15, 0.2) is 39.4 Å². The van der Waals surface area contributed by atoms with E-state index in [1.165, 1.54) is 7.11 Å². The molecule has 0 aliphatic heterocycles. The van der Waals surface area contributed by atoms with Gasteiger partial charge in [-0.1, -0.05) is 51.1 Å². The van der Waals surface area contributed by atoms with Crippen LogP contribution >= 0.6 is 27.7 Å². The monoisotopic (exact) mass is 470 g/mol. The lowest BCUT2D eigenvalue weighted by molar-refractivity contribution is 0.0592. The number of aromatic nitrogens is 1. The van der Waals surface area contributed by atoms with Crippen molar-refractivity contribution in [3.8, 4) is 0 Å². The molecule has 1 heterocycles. The number of halogens is 1. The van der Waals surface area contributed by atoms with Crippen molar-refractivity contribution in [1.29, 1.82) is 0 Å². The molecule has 28 heavy (non-hydrogen) atoms. The van der Waals surface area contributed by atoms with E-state index < -0.39 is 18.1 Å². The molecule has 1 aromatic carbocycles. The molecule has 1 aromatic heterocycles. The van der Waals surface area contributed by atoms with E-state index in [9.17, 15) is 9.59 Å². The summed E-state index contributed by atoms with van der Waals surface area (Å²) < 4.78 is 15.6. The van der Waals surface area contributed by atoms with E-state index >= 15 is 0 Å². The number of oxazole rings is 1. The number of thioether (sulfide) groups is 1. The van der Waals surface area contributed by atoms with Crippen molar-refractivity contribution in [2.75, 3.05) is 12.9 Å². The second-order valence-corrected chi connectivity index (χ2v) is 9.42. The molecule has 0 radical (unpaired) electrons. The third-order valence-electron chi connectivity index (χ3n) is 3.47. The maximum absolute atomic E-state index is 12.3. The van der Waals surface area contributed by atoms with E-state index in [0.29, 0.717) is 5.75 Å². The van der Waals surface area contributed by atoms with Crippen LogP contribution in [-0.2, 0) is 16.1 Å². The molecule has 0 fully saturated rings. The standard InChI is InChI=1S/C19H23BrN2O5S/c1-19(2,3)28-11-13(16-22-14(15(20)27-16)17(23)25-4)21-18(24)26-10-12-8-6-5-7-9-12/h5-9,13H,10-11H2,1-4H3,(H,21,24)/t13-/m0/s1. The van der Waals surface area contributed by atoms with Crippen LogP contribution < -0.4 is 5.32 Å². The summed E-state index contributed by atoms with van der Waals surface area (Å²) in [6, 6.07) is 8.79. The molecule has 7 nitrogen and oxygen atoms in total. The first-order chi connectivity index (χ1) is 13.2. The van der Waals surface area contributed by atoms with Crippen LogP contribution in [-0.4, -0.2) is 34.7 Å². The molecule has 0 aliphatic carbocycles. The molecule has 0 unspecified atom stereocenters. The molecule has 2 aromatic rings. The van der Waals surface area contributed by atoms with Gasteiger partial charge in [-0.25, -0.2) is 14.6 Å². The first-order valence-corrected chi connectivity index (χ1v) is 10.3. The number of alkyl carbamates (subject to hydrolysis) is 1. The Morgan fingerprint density at radius 3 is 2.57 bits per heavy atom. The van der Waals surface area contributed by atoms with Crippen LogP contribution in [0.3, 0.4) is 0 Å². The number of amides is 1. The molecule has 152 valence electrons. The Hall–Kier alpha value is -2.00. The van der Waals surface area contributed by atoms with E-state index in [-0.39, 0.29) is 27.6 Å². The van der Waals surface area contributed by atoms with Crippen LogP contribution in [0.5, 0.6) is 0 Å². The van der Waals surface area contributed by atoms with E-state index in [4.69, 9.17) is 9.15 Å². The quantitative estimate of drug-likeness (QED) is 0.585. The minimum absolute atomic E-state index is 0.0164. The summed E-state index contributed by atoms with van der Waals surface area (Å²) in [5.74, 6) is 0.0498. The van der Waals surface area contributed by atoms with Crippen molar-refractivity contribution >= 4 is 39.8 Å². The Morgan fingerprint density at radius 1 is 1.29 bits per heavy atom. The summed E-state index contributed by atoms with van der Waals surface area (Å²) in [4.78, 5) is 28.2. The molecule has 0 aliphatic rings. The molecular formula is C19H23BrN2O5S. The number of nitrogens with zero attached hydrogens (tertiary/aromatic N) is 1. The summed E-state index contributed by atoms with van der Waals surface area (Å²) in [5, 5.41) is 2.76. The van der Waals surface area contributed by atoms with E-state index in [0.717, 1.165) is 5.56 Å². The van der Waals surface area contributed by atoms with Crippen molar-refractivity contribution < 1.29 is 23.5 Å². The van der Waals surface area contributed by atoms with Gasteiger partial charge >= 0.3 is 12.1 Å². The maximum Gasteiger partial charge on any atom is 0.408 e. The van der Waals surface area contributed by atoms with Gasteiger partial charge in [-0.15, -0.1) is 0 Å². The molecule has 9 heteroatoms. The van der Waals surface area contributed by atoms with Gasteiger partial charge in [-0.2, -0.15) is 11.8 Å². The lowest BCUT2D eigenvalue weighted by atomic mass is 10.2. The number of carbonyl (C=O) groups excluding carboxylic acids is 2. The van der Waals surface area contributed by atoms with Crippen LogP contribution in [0.4, 0.5) is 4.79 Å². The predicted octanol–water partition coefficient (Wildman–Crippen LogP) is 4.72. The van der Waals surface area contributed by atoms with Crippen molar-refractivity contribution in [1.82, 2.24) is 10.3 Å². The Kier molecular flexibility index (Phi) is 7.94. The van der Waals surface area contributed by atoms with Gasteiger partial charge in [-0.3, -0.25) is 0 Å². The zero-order chi connectivity index (χ0) is 20.7. The summed E-state index contributed by atoms with van der Waals surface area (Å²) >= 11 is 4.78. The van der Waals surface area contributed by atoms with E-state index in [1.807, 2.05) is 30.3 Å². The Labute approximate surface area is 176 Å². The summed E-state index contributed by atoms with van der Waals surface area (Å²) in [6.45, 7) is 6.34. The van der Waals surface area contributed by atoms with Gasteiger partial charge in [0, 0.05) is 10.5 Å². The normalized spacial score (nSPS) is 12.3. The third-order valence-corrected chi connectivity index (χ3v) is 5.37. The fraction of sp³-hybridized carbons (Fsp3) is 0.421. The SMILES string of the molecule is COC(=O)c1nc([C@H](CSC(C)(C)C)NC(=O)OCc2ccccc2)oc1Br. The second kappa shape index (κ2) is 9.97. The molecule has 0 bridgehead atoms. The van der Waals surface area contributed by atoms with Gasteiger partial charge in [-0.05, 0) is 21.5 Å². The molecule has 0 saturated heterocycles. The number of rotatable bonds is 7. The minimum atomic E-state index is -0.629. The van der Waals surface area contributed by atoms with E-state index in [2.05, 4.69) is 51.7 Å². The fourth-order valence-corrected chi connectivity index (χ4v) is 3.41. The number of hydrogen-bond donors (Lipinski definition) is 1. The Bertz CT molecular complexity index is 804. The van der Waals surface area contributed by atoms with E-state index in [1.54, 1.807) is 11.8 Å². The van der Waals surface area contributed by atoms with Crippen LogP contribution in [0.25, 0.3) is 0 Å². The summed E-state index contributed by atoms with van der Waals surface area (Å²) in [7, 11) is 1.26. The number of esters is 1. The molecule has 2 rings (SSSR count). The molecule has 0 spiro atoms. The number of benzene rings is 1. The number of nitrogens with one attached hydrogen (secondary N) is 1. The number of carbonyl (C=O) groups is 2. The van der Waals surface area contributed by atoms with Crippen molar-refractivity contribution in [3.05, 3.63) is 52.1 Å². The lowest BCUT2D eigenvalue weighted by Gasteiger charge is -2.22. The average Bonchev–Trinajstić information content (AvgIpc) is 3.04. The summed E-state index contributed by atoms with van der Waals surface area (Å²) in [6.07, 6.45) is -0.600. The highest BCUT2D eigenvalue weighted by Gasteiger charge is 2.27. The van der Waals surface area contributed by atoms with Gasteiger partial charge in [0.15, 0.2) is 0 Å². The first-order valence-electron chi connectivity index (χ1n) is 8.55. The molecule has 1 N–H and O–H groups in total. The topological polar surface area (TPSA) is 90.7 Å². The van der Waals surface area contributed by atoms with Gasteiger partial charge in [0.1, 0.15) is 12.6 Å². The predicted molar refractivity (Wildman–Crippen MR) is 110 cm³/mol. The number of ether oxygens (including phenoxy) is 2. The van der Waals surface area contributed by atoms with Crippen LogP contribution in [0.1, 0.15) is 48.8 Å². The van der Waals surface area contributed by atoms with Gasteiger partial charge in [0.2, 0.25) is 16.3 Å². The highest BCUT2D eigenvalue weighted by atomic mass is 79.9. The maximum atomic E-state index is 12.3. The largest absolute Gasteiger partial charge is 0.464 e. The summed E-state index contributed by atoms with van der Waals surface area (Å²) in [5.41, 5.74) is 0.896. The van der Waals surface area contributed by atoms with Crippen LogP contribution in [0, 0.1) is 0 Å².